The topological polar surface area (TPSA) is 98.7 Å². The van der Waals surface area contributed by atoms with Gasteiger partial charge in [0.25, 0.3) is 5.56 Å². The zero-order valence-corrected chi connectivity index (χ0v) is 19.8. The molecule has 0 saturated heterocycles. The van der Waals surface area contributed by atoms with Gasteiger partial charge in [0.1, 0.15) is 17.4 Å². The molecule has 1 N–H and O–H groups in total. The SMILES string of the molecule is C#Cc1cccc(-c2cc(=O)n(C)c3ncc(C(O)c4ccc(Cl)cc4)cc23)n1.Cn1ccnn1. The van der Waals surface area contributed by atoms with E-state index in [9.17, 15) is 9.90 Å². The molecule has 5 rings (SSSR count). The van der Waals surface area contributed by atoms with Gasteiger partial charge in [0.15, 0.2) is 0 Å². The maximum Gasteiger partial charge on any atom is 0.252 e. The Balaban J connectivity index is 0.000000421. The fourth-order valence-electron chi connectivity index (χ4n) is 3.47. The number of aliphatic hydroxyl groups excluding tert-OH is 1. The van der Waals surface area contributed by atoms with Crippen LogP contribution in [0.3, 0.4) is 0 Å². The summed E-state index contributed by atoms with van der Waals surface area (Å²) in [5, 5.41) is 19.2. The van der Waals surface area contributed by atoms with E-state index in [-0.39, 0.29) is 5.56 Å². The van der Waals surface area contributed by atoms with Crippen LogP contribution in [0.1, 0.15) is 22.9 Å². The Hall–Kier alpha value is -4.32. The molecular formula is C26H21ClN6O2. The predicted molar refractivity (Wildman–Crippen MR) is 135 cm³/mol. The molecule has 1 atom stereocenters. The minimum Gasteiger partial charge on any atom is -0.384 e. The zero-order valence-electron chi connectivity index (χ0n) is 19.0. The van der Waals surface area contributed by atoms with E-state index < -0.39 is 6.10 Å². The molecule has 0 aliphatic heterocycles. The molecule has 174 valence electrons. The smallest absolute Gasteiger partial charge is 0.252 e. The van der Waals surface area contributed by atoms with Crippen molar-refractivity contribution in [3.05, 3.63) is 105 Å². The minimum absolute atomic E-state index is 0.209. The highest BCUT2D eigenvalue weighted by molar-refractivity contribution is 6.30. The maximum atomic E-state index is 12.4. The summed E-state index contributed by atoms with van der Waals surface area (Å²) in [5.41, 5.74) is 3.22. The van der Waals surface area contributed by atoms with Crippen LogP contribution in [0.15, 0.2) is 78.0 Å². The molecule has 35 heavy (non-hydrogen) atoms. The fraction of sp³-hybridized carbons (Fsp3) is 0.115. The van der Waals surface area contributed by atoms with Crippen molar-refractivity contribution in [2.75, 3.05) is 0 Å². The molecule has 0 spiro atoms. The van der Waals surface area contributed by atoms with Crippen LogP contribution < -0.4 is 5.56 Å². The van der Waals surface area contributed by atoms with Crippen LogP contribution in [0, 0.1) is 12.3 Å². The largest absolute Gasteiger partial charge is 0.384 e. The lowest BCUT2D eigenvalue weighted by Gasteiger charge is -2.15. The molecule has 0 aliphatic carbocycles. The molecule has 4 aromatic heterocycles. The Morgan fingerprint density at radius 1 is 1.09 bits per heavy atom. The summed E-state index contributed by atoms with van der Waals surface area (Å²) in [5.74, 6) is 2.51. The molecular weight excluding hydrogens is 464 g/mol. The van der Waals surface area contributed by atoms with Crippen LogP contribution in [0.5, 0.6) is 0 Å². The second kappa shape index (κ2) is 10.3. The van der Waals surface area contributed by atoms with Crippen LogP contribution >= 0.6 is 11.6 Å². The standard InChI is InChI=1S/C23H16ClN3O2.C3H5N3/c1-3-17-5-4-6-20(26-17)18-12-21(28)27(2)23-19(18)11-15(13-25-23)22(29)14-7-9-16(24)10-8-14;1-6-3-2-4-5-6/h1,4-13,22,29H,2H3;2-3H,1H3. The molecule has 9 heteroatoms. The molecule has 0 radical (unpaired) electrons. The maximum absolute atomic E-state index is 12.4. The number of aromatic nitrogens is 6. The van der Waals surface area contributed by atoms with E-state index in [1.54, 1.807) is 72.8 Å². The van der Waals surface area contributed by atoms with Gasteiger partial charge in [0.05, 0.1) is 11.9 Å². The average molecular weight is 485 g/mol. The lowest BCUT2D eigenvalue weighted by atomic mass is 10.00. The first-order valence-corrected chi connectivity index (χ1v) is 10.9. The molecule has 1 unspecified atom stereocenters. The number of pyridine rings is 3. The molecule has 4 heterocycles. The highest BCUT2D eigenvalue weighted by atomic mass is 35.5. The summed E-state index contributed by atoms with van der Waals surface area (Å²) in [4.78, 5) is 21.3. The lowest BCUT2D eigenvalue weighted by molar-refractivity contribution is 0.220. The lowest BCUT2D eigenvalue weighted by Crippen LogP contribution is -2.17. The Bertz CT molecular complexity index is 1570. The molecule has 0 saturated carbocycles. The van der Waals surface area contributed by atoms with Crippen molar-refractivity contribution < 1.29 is 5.11 Å². The number of hydrogen-bond donors (Lipinski definition) is 1. The molecule has 0 fully saturated rings. The number of rotatable bonds is 3. The molecule has 0 bridgehead atoms. The second-order valence-electron chi connectivity index (χ2n) is 7.68. The third-order valence-corrected chi connectivity index (χ3v) is 5.56. The van der Waals surface area contributed by atoms with Gasteiger partial charge in [-0.3, -0.25) is 14.0 Å². The van der Waals surface area contributed by atoms with Gasteiger partial charge >= 0.3 is 0 Å². The van der Waals surface area contributed by atoms with Gasteiger partial charge in [0, 0.05) is 54.1 Å². The first-order chi connectivity index (χ1) is 16.9. The molecule has 0 aliphatic rings. The third-order valence-electron chi connectivity index (χ3n) is 5.31. The first kappa shape index (κ1) is 23.8. The number of halogens is 1. The third kappa shape index (κ3) is 5.27. The molecule has 5 aromatic rings. The number of aryl methyl sites for hydroxylation is 2. The zero-order chi connectivity index (χ0) is 24.9. The Morgan fingerprint density at radius 3 is 2.49 bits per heavy atom. The van der Waals surface area contributed by atoms with Crippen LogP contribution in [0.2, 0.25) is 5.02 Å². The summed E-state index contributed by atoms with van der Waals surface area (Å²) in [6.45, 7) is 0. The average Bonchev–Trinajstić information content (AvgIpc) is 3.37. The van der Waals surface area contributed by atoms with Crippen molar-refractivity contribution >= 4 is 22.6 Å². The highest BCUT2D eigenvalue weighted by Gasteiger charge is 2.16. The summed E-state index contributed by atoms with van der Waals surface area (Å²) in [6.07, 6.45) is 9.56. The first-order valence-electron chi connectivity index (χ1n) is 10.5. The van der Waals surface area contributed by atoms with Gasteiger partial charge in [-0.05, 0) is 35.9 Å². The predicted octanol–water partition coefficient (Wildman–Crippen LogP) is 3.53. The Labute approximate surface area is 206 Å². The number of terminal acetylenes is 1. The summed E-state index contributed by atoms with van der Waals surface area (Å²) < 4.78 is 3.10. The van der Waals surface area contributed by atoms with E-state index in [1.807, 2.05) is 13.1 Å². The monoisotopic (exact) mass is 484 g/mol. The van der Waals surface area contributed by atoms with Gasteiger partial charge in [0.2, 0.25) is 0 Å². The minimum atomic E-state index is -0.890. The second-order valence-corrected chi connectivity index (χ2v) is 8.11. The fourth-order valence-corrected chi connectivity index (χ4v) is 3.60. The van der Waals surface area contributed by atoms with Crippen molar-refractivity contribution in [3.8, 4) is 23.6 Å². The van der Waals surface area contributed by atoms with Gasteiger partial charge in [-0.25, -0.2) is 9.97 Å². The van der Waals surface area contributed by atoms with Crippen molar-refractivity contribution in [1.82, 2.24) is 29.5 Å². The van der Waals surface area contributed by atoms with Crippen LogP contribution in [0.25, 0.3) is 22.3 Å². The quantitative estimate of drug-likeness (QED) is 0.393. The van der Waals surface area contributed by atoms with E-state index in [0.717, 1.165) is 0 Å². The number of hydrogen-bond acceptors (Lipinski definition) is 6. The Kier molecular flexibility index (Phi) is 7.01. The summed E-state index contributed by atoms with van der Waals surface area (Å²) >= 11 is 5.94. The number of aliphatic hydroxyl groups is 1. The molecule has 1 aromatic carbocycles. The van der Waals surface area contributed by atoms with Gasteiger partial charge in [-0.1, -0.05) is 40.9 Å². The van der Waals surface area contributed by atoms with E-state index in [4.69, 9.17) is 18.0 Å². The van der Waals surface area contributed by atoms with Crippen LogP contribution in [-0.4, -0.2) is 34.6 Å². The van der Waals surface area contributed by atoms with E-state index in [0.29, 0.717) is 44.1 Å². The van der Waals surface area contributed by atoms with Crippen molar-refractivity contribution in [1.29, 1.82) is 0 Å². The molecule has 0 amide bonds. The van der Waals surface area contributed by atoms with E-state index in [2.05, 4.69) is 26.2 Å². The van der Waals surface area contributed by atoms with Gasteiger partial charge in [-0.2, -0.15) is 0 Å². The molecule has 8 nitrogen and oxygen atoms in total. The van der Waals surface area contributed by atoms with Crippen molar-refractivity contribution in [3.63, 3.8) is 0 Å². The Morgan fingerprint density at radius 2 is 1.86 bits per heavy atom. The summed E-state index contributed by atoms with van der Waals surface area (Å²) in [6, 6.07) is 15.6. The number of fused-ring (bicyclic) bond motifs is 1. The normalized spacial score (nSPS) is 11.4. The summed E-state index contributed by atoms with van der Waals surface area (Å²) in [7, 11) is 3.48. The number of benzene rings is 1. The van der Waals surface area contributed by atoms with Gasteiger partial charge in [-0.15, -0.1) is 11.5 Å². The van der Waals surface area contributed by atoms with E-state index >= 15 is 0 Å². The van der Waals surface area contributed by atoms with Crippen molar-refractivity contribution in [2.45, 2.75) is 6.10 Å². The van der Waals surface area contributed by atoms with Crippen LogP contribution in [0.4, 0.5) is 0 Å². The highest BCUT2D eigenvalue weighted by Crippen LogP contribution is 2.29. The van der Waals surface area contributed by atoms with Crippen molar-refractivity contribution in [2.24, 2.45) is 14.1 Å². The number of nitrogens with zero attached hydrogens (tertiary/aromatic N) is 6. The van der Waals surface area contributed by atoms with E-state index in [1.165, 1.54) is 10.6 Å². The van der Waals surface area contributed by atoms with Gasteiger partial charge < -0.3 is 5.11 Å². The van der Waals surface area contributed by atoms with Crippen LogP contribution in [-0.2, 0) is 14.1 Å².